The Morgan fingerprint density at radius 1 is 1.29 bits per heavy atom. The molecule has 0 fully saturated rings. The Bertz CT molecular complexity index is 811. The predicted molar refractivity (Wildman–Crippen MR) is 87.0 cm³/mol. The van der Waals surface area contributed by atoms with E-state index in [0.29, 0.717) is 16.6 Å². The summed E-state index contributed by atoms with van der Waals surface area (Å²) in [4.78, 5) is 4.46. The highest BCUT2D eigenvalue weighted by molar-refractivity contribution is 6.43. The third-order valence-electron chi connectivity index (χ3n) is 3.35. The Labute approximate surface area is 132 Å². The van der Waals surface area contributed by atoms with Crippen molar-refractivity contribution >= 4 is 39.9 Å². The van der Waals surface area contributed by atoms with Crippen molar-refractivity contribution in [3.05, 3.63) is 51.8 Å². The van der Waals surface area contributed by atoms with Gasteiger partial charge in [-0.05, 0) is 30.7 Å². The lowest BCUT2D eigenvalue weighted by molar-refractivity contribution is 0.773. The number of nitrogens with zero attached hydrogens (tertiary/aromatic N) is 3. The van der Waals surface area contributed by atoms with Crippen molar-refractivity contribution < 1.29 is 0 Å². The maximum Gasteiger partial charge on any atom is 0.157 e. The summed E-state index contributed by atoms with van der Waals surface area (Å²) in [6.45, 7) is 2.60. The highest BCUT2D eigenvalue weighted by Crippen LogP contribution is 2.30. The fourth-order valence-electron chi connectivity index (χ4n) is 2.29. The molecule has 1 aromatic carbocycles. The summed E-state index contributed by atoms with van der Waals surface area (Å²) in [5.74, 6) is 0. The number of benzene rings is 1. The zero-order valence-corrected chi connectivity index (χ0v) is 13.2. The number of halogens is 2. The minimum atomic E-state index is 0.533. The average Bonchev–Trinajstić information content (AvgIpc) is 2.75. The maximum absolute atomic E-state index is 6.16. The van der Waals surface area contributed by atoms with E-state index in [-0.39, 0.29) is 0 Å². The van der Waals surface area contributed by atoms with Gasteiger partial charge in [0.2, 0.25) is 0 Å². The summed E-state index contributed by atoms with van der Waals surface area (Å²) in [6.07, 6.45) is 1.84. The second-order valence-corrected chi connectivity index (χ2v) is 5.66. The van der Waals surface area contributed by atoms with Crippen LogP contribution in [0, 0.1) is 6.92 Å². The van der Waals surface area contributed by atoms with Gasteiger partial charge in [0, 0.05) is 25.2 Å². The number of hydrogen-bond donors (Lipinski definition) is 1. The van der Waals surface area contributed by atoms with Crippen LogP contribution in [0.15, 0.2) is 30.5 Å². The first kappa shape index (κ1) is 14.2. The molecule has 6 heteroatoms. The van der Waals surface area contributed by atoms with Gasteiger partial charge in [0.1, 0.15) is 0 Å². The van der Waals surface area contributed by atoms with Crippen molar-refractivity contribution in [3.63, 3.8) is 0 Å². The molecule has 2 aromatic heterocycles. The predicted octanol–water partition coefficient (Wildman–Crippen LogP) is 4.20. The summed E-state index contributed by atoms with van der Waals surface area (Å²) in [5, 5.41) is 9.79. The second kappa shape index (κ2) is 5.54. The van der Waals surface area contributed by atoms with Crippen molar-refractivity contribution in [2.75, 3.05) is 5.32 Å². The van der Waals surface area contributed by atoms with Crippen LogP contribution in [0.1, 0.15) is 11.3 Å². The maximum atomic E-state index is 6.16. The number of nitrogens with one attached hydrogen (secondary N) is 1. The van der Waals surface area contributed by atoms with Gasteiger partial charge in [0.25, 0.3) is 0 Å². The summed E-state index contributed by atoms with van der Waals surface area (Å²) in [5.41, 5.74) is 3.74. The normalized spacial score (nSPS) is 11.0. The van der Waals surface area contributed by atoms with Gasteiger partial charge in [0.15, 0.2) is 5.65 Å². The highest BCUT2D eigenvalue weighted by atomic mass is 35.5. The molecule has 3 rings (SSSR count). The Hall–Kier alpha value is -1.78. The third kappa shape index (κ3) is 2.69. The molecule has 4 nitrogen and oxygen atoms in total. The second-order valence-electron chi connectivity index (χ2n) is 4.88. The van der Waals surface area contributed by atoms with E-state index < -0.39 is 0 Å². The van der Waals surface area contributed by atoms with Crippen molar-refractivity contribution in [3.8, 4) is 0 Å². The number of hydrogen-bond acceptors (Lipinski definition) is 3. The topological polar surface area (TPSA) is 42.7 Å². The number of anilines is 1. The molecule has 0 saturated heterocycles. The molecule has 1 N–H and O–H groups in total. The molecule has 0 spiro atoms. The minimum Gasteiger partial charge on any atom is -0.380 e. The van der Waals surface area contributed by atoms with Gasteiger partial charge in [-0.15, -0.1) is 0 Å². The van der Waals surface area contributed by atoms with Crippen LogP contribution in [0.2, 0.25) is 10.0 Å². The van der Waals surface area contributed by atoms with E-state index >= 15 is 0 Å². The summed E-state index contributed by atoms with van der Waals surface area (Å²) < 4.78 is 1.79. The largest absolute Gasteiger partial charge is 0.380 e. The van der Waals surface area contributed by atoms with Crippen LogP contribution < -0.4 is 5.32 Å². The lowest BCUT2D eigenvalue weighted by Crippen LogP contribution is -2.01. The summed E-state index contributed by atoms with van der Waals surface area (Å²) in [6, 6.07) is 7.62. The summed E-state index contributed by atoms with van der Waals surface area (Å²) in [7, 11) is 1.89. The third-order valence-corrected chi connectivity index (χ3v) is 4.17. The lowest BCUT2D eigenvalue weighted by atomic mass is 10.2. The van der Waals surface area contributed by atoms with Crippen molar-refractivity contribution in [2.45, 2.75) is 13.5 Å². The molecule has 0 amide bonds. The number of pyridine rings is 1. The van der Waals surface area contributed by atoms with Gasteiger partial charge in [0.05, 0.1) is 21.4 Å². The van der Waals surface area contributed by atoms with Gasteiger partial charge >= 0.3 is 0 Å². The van der Waals surface area contributed by atoms with E-state index in [9.17, 15) is 0 Å². The van der Waals surface area contributed by atoms with Crippen LogP contribution in [0.4, 0.5) is 5.69 Å². The molecular formula is C15H14Cl2N4. The molecule has 0 aliphatic rings. The van der Waals surface area contributed by atoms with E-state index in [0.717, 1.165) is 28.0 Å². The zero-order chi connectivity index (χ0) is 15.0. The first-order valence-corrected chi connectivity index (χ1v) is 7.28. The standard InChI is InChI=1S/C15H14Cl2N4/c1-9-11-6-10(8-19-15(11)21(2)20-9)7-18-13-5-3-4-12(16)14(13)17/h3-6,8,18H,7H2,1-2H3. The molecule has 0 aliphatic heterocycles. The van der Waals surface area contributed by atoms with E-state index in [1.807, 2.05) is 32.3 Å². The minimum absolute atomic E-state index is 0.533. The number of rotatable bonds is 3. The van der Waals surface area contributed by atoms with Crippen molar-refractivity contribution in [2.24, 2.45) is 7.05 Å². The van der Waals surface area contributed by atoms with Gasteiger partial charge in [-0.25, -0.2) is 4.98 Å². The number of aryl methyl sites for hydroxylation is 2. The quantitative estimate of drug-likeness (QED) is 0.786. The first-order valence-electron chi connectivity index (χ1n) is 6.52. The van der Waals surface area contributed by atoms with Crippen LogP contribution >= 0.6 is 23.2 Å². The van der Waals surface area contributed by atoms with Gasteiger partial charge in [-0.1, -0.05) is 29.3 Å². The molecule has 0 unspecified atom stereocenters. The van der Waals surface area contributed by atoms with E-state index in [2.05, 4.69) is 21.5 Å². The van der Waals surface area contributed by atoms with E-state index in [1.54, 1.807) is 10.7 Å². The van der Waals surface area contributed by atoms with E-state index in [4.69, 9.17) is 23.2 Å². The van der Waals surface area contributed by atoms with Crippen molar-refractivity contribution in [1.29, 1.82) is 0 Å². The molecule has 0 atom stereocenters. The van der Waals surface area contributed by atoms with Gasteiger partial charge in [-0.2, -0.15) is 5.10 Å². The molecule has 0 saturated carbocycles. The Kier molecular flexibility index (Phi) is 3.74. The Morgan fingerprint density at radius 2 is 2.10 bits per heavy atom. The van der Waals surface area contributed by atoms with Crippen LogP contribution in [-0.4, -0.2) is 14.8 Å². The summed E-state index contributed by atoms with van der Waals surface area (Å²) >= 11 is 12.2. The van der Waals surface area contributed by atoms with Crippen molar-refractivity contribution in [1.82, 2.24) is 14.8 Å². The molecular weight excluding hydrogens is 307 g/mol. The SMILES string of the molecule is Cc1nn(C)c2ncc(CNc3cccc(Cl)c3Cl)cc12. The highest BCUT2D eigenvalue weighted by Gasteiger charge is 2.08. The number of aromatic nitrogens is 3. The lowest BCUT2D eigenvalue weighted by Gasteiger charge is -2.09. The fourth-order valence-corrected chi connectivity index (χ4v) is 2.65. The van der Waals surface area contributed by atoms with Crippen LogP contribution in [-0.2, 0) is 13.6 Å². The molecule has 3 aromatic rings. The van der Waals surface area contributed by atoms with Crippen LogP contribution in [0.3, 0.4) is 0 Å². The Morgan fingerprint density at radius 3 is 2.90 bits per heavy atom. The smallest absolute Gasteiger partial charge is 0.157 e. The molecule has 108 valence electrons. The monoisotopic (exact) mass is 320 g/mol. The molecule has 0 bridgehead atoms. The fraction of sp³-hybridized carbons (Fsp3) is 0.200. The number of fused-ring (bicyclic) bond motifs is 1. The molecule has 0 radical (unpaired) electrons. The average molecular weight is 321 g/mol. The molecule has 0 aliphatic carbocycles. The van der Waals surface area contributed by atoms with Gasteiger partial charge < -0.3 is 5.32 Å². The van der Waals surface area contributed by atoms with Gasteiger partial charge in [-0.3, -0.25) is 4.68 Å². The first-order chi connectivity index (χ1) is 10.1. The molecule has 21 heavy (non-hydrogen) atoms. The molecule has 2 heterocycles. The Balaban J connectivity index is 1.85. The van der Waals surface area contributed by atoms with Crippen LogP contribution in [0.5, 0.6) is 0 Å². The van der Waals surface area contributed by atoms with E-state index in [1.165, 1.54) is 0 Å². The zero-order valence-electron chi connectivity index (χ0n) is 11.7. The van der Waals surface area contributed by atoms with Crippen LogP contribution in [0.25, 0.3) is 11.0 Å².